The molecular formula is C21H25NO2. The van der Waals surface area contributed by atoms with Crippen LogP contribution in [0.25, 0.3) is 0 Å². The number of amides is 1. The number of aryl methyl sites for hydroxylation is 2. The van der Waals surface area contributed by atoms with Crippen molar-refractivity contribution in [2.24, 2.45) is 0 Å². The number of fused-ring (bicyclic) bond motifs is 1. The van der Waals surface area contributed by atoms with Crippen LogP contribution in [0.2, 0.25) is 0 Å². The number of carbonyl (C=O) groups excluding carboxylic acids is 1. The Balaban J connectivity index is 1.59. The fourth-order valence-corrected chi connectivity index (χ4v) is 3.43. The highest BCUT2D eigenvalue weighted by molar-refractivity contribution is 5.77. The number of hydrogen-bond donors (Lipinski definition) is 1. The van der Waals surface area contributed by atoms with Crippen LogP contribution in [0.15, 0.2) is 48.5 Å². The van der Waals surface area contributed by atoms with Gasteiger partial charge in [0.25, 0.3) is 0 Å². The lowest BCUT2D eigenvalue weighted by molar-refractivity contribution is -0.121. The maximum atomic E-state index is 12.4. The molecule has 0 aliphatic heterocycles. The highest BCUT2D eigenvalue weighted by Gasteiger charge is 2.21. The fraction of sp³-hybridized carbons (Fsp3) is 0.381. The molecule has 0 radical (unpaired) electrons. The summed E-state index contributed by atoms with van der Waals surface area (Å²) in [7, 11) is 0. The Labute approximate surface area is 144 Å². The Bertz CT molecular complexity index is 696. The number of hydrogen-bond acceptors (Lipinski definition) is 2. The maximum Gasteiger partial charge on any atom is 0.220 e. The first-order valence-electron chi connectivity index (χ1n) is 8.85. The molecule has 1 amide bonds. The van der Waals surface area contributed by atoms with Crippen molar-refractivity contribution >= 4 is 5.91 Å². The summed E-state index contributed by atoms with van der Waals surface area (Å²) in [6, 6.07) is 16.6. The van der Waals surface area contributed by atoms with Crippen molar-refractivity contribution in [1.82, 2.24) is 5.32 Å². The van der Waals surface area contributed by atoms with E-state index in [-0.39, 0.29) is 11.9 Å². The predicted molar refractivity (Wildman–Crippen MR) is 96.2 cm³/mol. The zero-order valence-corrected chi connectivity index (χ0v) is 14.3. The van der Waals surface area contributed by atoms with Crippen LogP contribution in [0, 0.1) is 0 Å². The number of nitrogens with one attached hydrogen (secondary N) is 1. The van der Waals surface area contributed by atoms with E-state index in [0.29, 0.717) is 19.4 Å². The molecule has 126 valence electrons. The second-order valence-electron chi connectivity index (χ2n) is 6.25. The lowest BCUT2D eigenvalue weighted by atomic mass is 9.87. The van der Waals surface area contributed by atoms with E-state index in [0.717, 1.165) is 30.6 Å². The molecule has 3 nitrogen and oxygen atoms in total. The monoisotopic (exact) mass is 323 g/mol. The van der Waals surface area contributed by atoms with Crippen molar-refractivity contribution in [2.45, 2.75) is 45.1 Å². The number of carbonyl (C=O) groups is 1. The molecule has 0 heterocycles. The SMILES string of the molecule is CCOc1ccccc1CCC(=O)N[C@@H]1CCCc2ccccc21. The first-order valence-corrected chi connectivity index (χ1v) is 8.85. The van der Waals surface area contributed by atoms with Gasteiger partial charge in [-0.2, -0.15) is 0 Å². The van der Waals surface area contributed by atoms with Crippen LogP contribution in [0.1, 0.15) is 48.9 Å². The smallest absolute Gasteiger partial charge is 0.220 e. The van der Waals surface area contributed by atoms with Gasteiger partial charge in [0.15, 0.2) is 0 Å². The van der Waals surface area contributed by atoms with Crippen molar-refractivity contribution in [1.29, 1.82) is 0 Å². The zero-order chi connectivity index (χ0) is 16.8. The molecule has 0 saturated heterocycles. The van der Waals surface area contributed by atoms with E-state index in [2.05, 4.69) is 29.6 Å². The second-order valence-corrected chi connectivity index (χ2v) is 6.25. The first kappa shape index (κ1) is 16.6. The molecule has 0 bridgehead atoms. The molecule has 0 aromatic heterocycles. The van der Waals surface area contributed by atoms with E-state index >= 15 is 0 Å². The zero-order valence-electron chi connectivity index (χ0n) is 14.3. The molecule has 0 spiro atoms. The second kappa shape index (κ2) is 8.00. The van der Waals surface area contributed by atoms with E-state index in [1.54, 1.807) is 0 Å². The minimum atomic E-state index is 0.114. The third-order valence-corrected chi connectivity index (χ3v) is 4.60. The summed E-state index contributed by atoms with van der Waals surface area (Å²) in [5.74, 6) is 0.999. The van der Waals surface area contributed by atoms with Crippen molar-refractivity contribution in [2.75, 3.05) is 6.61 Å². The number of benzene rings is 2. The van der Waals surface area contributed by atoms with Gasteiger partial charge in [0.05, 0.1) is 12.6 Å². The lowest BCUT2D eigenvalue weighted by Gasteiger charge is -2.26. The van der Waals surface area contributed by atoms with Crippen LogP contribution >= 0.6 is 0 Å². The third kappa shape index (κ3) is 3.97. The normalized spacial score (nSPS) is 16.3. The minimum Gasteiger partial charge on any atom is -0.494 e. The summed E-state index contributed by atoms with van der Waals surface area (Å²) in [6.45, 7) is 2.62. The molecule has 0 unspecified atom stereocenters. The van der Waals surface area contributed by atoms with Crippen molar-refractivity contribution in [3.8, 4) is 5.75 Å². The van der Waals surface area contributed by atoms with Crippen LogP contribution in [0.4, 0.5) is 0 Å². The van der Waals surface area contributed by atoms with Gasteiger partial charge in [-0.1, -0.05) is 42.5 Å². The molecule has 3 rings (SSSR count). The maximum absolute atomic E-state index is 12.4. The van der Waals surface area contributed by atoms with Crippen molar-refractivity contribution in [3.63, 3.8) is 0 Å². The van der Waals surface area contributed by atoms with Crippen molar-refractivity contribution < 1.29 is 9.53 Å². The molecule has 24 heavy (non-hydrogen) atoms. The summed E-state index contributed by atoms with van der Waals surface area (Å²) >= 11 is 0. The Kier molecular flexibility index (Phi) is 5.52. The molecule has 1 aliphatic rings. The van der Waals surface area contributed by atoms with Gasteiger partial charge >= 0.3 is 0 Å². The average molecular weight is 323 g/mol. The third-order valence-electron chi connectivity index (χ3n) is 4.60. The molecule has 2 aromatic carbocycles. The van der Waals surface area contributed by atoms with Gasteiger partial charge in [-0.3, -0.25) is 4.79 Å². The van der Waals surface area contributed by atoms with Gasteiger partial charge in [-0.15, -0.1) is 0 Å². The van der Waals surface area contributed by atoms with Crippen LogP contribution in [-0.4, -0.2) is 12.5 Å². The average Bonchev–Trinajstić information content (AvgIpc) is 2.62. The van der Waals surface area contributed by atoms with E-state index in [4.69, 9.17) is 4.74 Å². The van der Waals surface area contributed by atoms with Crippen LogP contribution < -0.4 is 10.1 Å². The molecule has 0 saturated carbocycles. The lowest BCUT2D eigenvalue weighted by Crippen LogP contribution is -2.31. The summed E-state index contributed by atoms with van der Waals surface area (Å²) in [5.41, 5.74) is 3.75. The van der Waals surface area contributed by atoms with Crippen LogP contribution in [-0.2, 0) is 17.6 Å². The van der Waals surface area contributed by atoms with Gasteiger partial charge in [0.1, 0.15) is 5.75 Å². The Morgan fingerprint density at radius 3 is 2.83 bits per heavy atom. The topological polar surface area (TPSA) is 38.3 Å². The van der Waals surface area contributed by atoms with E-state index < -0.39 is 0 Å². The van der Waals surface area contributed by atoms with Gasteiger partial charge in [-0.25, -0.2) is 0 Å². The number of para-hydroxylation sites is 1. The highest BCUT2D eigenvalue weighted by Crippen LogP contribution is 2.29. The molecule has 1 N–H and O–H groups in total. The van der Waals surface area contributed by atoms with Crippen LogP contribution in [0.3, 0.4) is 0 Å². The number of rotatable bonds is 6. The molecular weight excluding hydrogens is 298 g/mol. The minimum absolute atomic E-state index is 0.114. The first-order chi connectivity index (χ1) is 11.8. The van der Waals surface area contributed by atoms with Gasteiger partial charge in [0.2, 0.25) is 5.91 Å². The van der Waals surface area contributed by atoms with Crippen LogP contribution in [0.5, 0.6) is 5.75 Å². The van der Waals surface area contributed by atoms with Gasteiger partial charge < -0.3 is 10.1 Å². The van der Waals surface area contributed by atoms with Gasteiger partial charge in [-0.05, 0) is 55.4 Å². The summed E-state index contributed by atoms with van der Waals surface area (Å²) in [4.78, 5) is 12.4. The Morgan fingerprint density at radius 2 is 1.96 bits per heavy atom. The fourth-order valence-electron chi connectivity index (χ4n) is 3.43. The molecule has 1 aliphatic carbocycles. The molecule has 0 fully saturated rings. The summed E-state index contributed by atoms with van der Waals surface area (Å²) < 4.78 is 5.63. The quantitative estimate of drug-likeness (QED) is 0.865. The number of ether oxygens (including phenoxy) is 1. The largest absolute Gasteiger partial charge is 0.494 e. The van der Waals surface area contributed by atoms with E-state index in [1.807, 2.05) is 31.2 Å². The standard InChI is InChI=1S/C21H25NO2/c1-2-24-20-13-6-4-9-17(20)14-15-21(23)22-19-12-7-10-16-8-3-5-11-18(16)19/h3-6,8-9,11,13,19H,2,7,10,12,14-15H2,1H3,(H,22,23)/t19-/m1/s1. The summed E-state index contributed by atoms with van der Waals surface area (Å²) in [6.07, 6.45) is 4.47. The molecule has 1 atom stereocenters. The Hall–Kier alpha value is -2.29. The van der Waals surface area contributed by atoms with Gasteiger partial charge in [0, 0.05) is 6.42 Å². The highest BCUT2D eigenvalue weighted by atomic mass is 16.5. The molecule has 2 aromatic rings. The van der Waals surface area contributed by atoms with E-state index in [1.165, 1.54) is 11.1 Å². The predicted octanol–water partition coefficient (Wildman–Crippen LogP) is 4.21. The van der Waals surface area contributed by atoms with Crippen molar-refractivity contribution in [3.05, 3.63) is 65.2 Å². The summed E-state index contributed by atoms with van der Waals surface area (Å²) in [5, 5.41) is 3.22. The Morgan fingerprint density at radius 1 is 1.17 bits per heavy atom. The molecule has 3 heteroatoms. The van der Waals surface area contributed by atoms with E-state index in [9.17, 15) is 4.79 Å².